The number of nitrogens with one attached hydrogen (secondary N) is 1. The molecule has 0 atom stereocenters. The van der Waals surface area contributed by atoms with E-state index in [1.807, 2.05) is 17.9 Å². The Balaban J connectivity index is 1.94. The zero-order chi connectivity index (χ0) is 11.6. The molecule has 3 nitrogen and oxygen atoms in total. The maximum Gasteiger partial charge on any atom is 0.0630 e. The molecule has 0 bridgehead atoms. The fourth-order valence-corrected chi connectivity index (χ4v) is 2.46. The molecular weight excluding hydrogens is 198 g/mol. The lowest BCUT2D eigenvalue weighted by Gasteiger charge is -2.42. The van der Waals surface area contributed by atoms with Crippen LogP contribution in [0, 0.1) is 5.41 Å². The second kappa shape index (κ2) is 4.58. The summed E-state index contributed by atoms with van der Waals surface area (Å²) in [5.74, 6) is 0. The van der Waals surface area contributed by atoms with Gasteiger partial charge in [0.15, 0.2) is 0 Å². The van der Waals surface area contributed by atoms with Crippen molar-refractivity contribution in [3.63, 3.8) is 0 Å². The molecule has 0 aliphatic heterocycles. The van der Waals surface area contributed by atoms with Gasteiger partial charge in [0, 0.05) is 25.8 Å². The van der Waals surface area contributed by atoms with Crippen LogP contribution in [0.25, 0.3) is 0 Å². The summed E-state index contributed by atoms with van der Waals surface area (Å²) in [6.07, 6.45) is 7.25. The van der Waals surface area contributed by atoms with Gasteiger partial charge in [0.2, 0.25) is 0 Å². The first-order valence-corrected chi connectivity index (χ1v) is 6.32. The van der Waals surface area contributed by atoms with E-state index in [0.29, 0.717) is 11.5 Å². The van der Waals surface area contributed by atoms with Crippen LogP contribution in [-0.4, -0.2) is 22.4 Å². The maximum absolute atomic E-state index is 4.49. The number of aromatic nitrogens is 2. The Morgan fingerprint density at radius 2 is 2.25 bits per heavy atom. The largest absolute Gasteiger partial charge is 0.314 e. The summed E-state index contributed by atoms with van der Waals surface area (Å²) in [5, 5.41) is 8.07. The SMILES string of the molecule is CC(C)NCC1(Cc2ccn(C)n2)CCC1. The monoisotopic (exact) mass is 221 g/mol. The lowest BCUT2D eigenvalue weighted by atomic mass is 9.66. The molecule has 90 valence electrons. The summed E-state index contributed by atoms with van der Waals surface area (Å²) in [6, 6.07) is 2.73. The van der Waals surface area contributed by atoms with E-state index in [9.17, 15) is 0 Å². The molecule has 0 radical (unpaired) electrons. The van der Waals surface area contributed by atoms with Crippen molar-refractivity contribution in [3.05, 3.63) is 18.0 Å². The maximum atomic E-state index is 4.49. The van der Waals surface area contributed by atoms with E-state index in [2.05, 4.69) is 30.3 Å². The molecule has 1 N–H and O–H groups in total. The van der Waals surface area contributed by atoms with E-state index in [1.165, 1.54) is 25.0 Å². The standard InChI is InChI=1S/C13H23N3/c1-11(2)14-10-13(6-4-7-13)9-12-5-8-16(3)15-12/h5,8,11,14H,4,6-7,9-10H2,1-3H3. The van der Waals surface area contributed by atoms with Crippen molar-refractivity contribution in [3.8, 4) is 0 Å². The number of hydrogen-bond acceptors (Lipinski definition) is 2. The molecule has 3 heteroatoms. The van der Waals surface area contributed by atoms with Crippen LogP contribution in [0.2, 0.25) is 0 Å². The lowest BCUT2D eigenvalue weighted by Crippen LogP contribution is -2.43. The van der Waals surface area contributed by atoms with Gasteiger partial charge in [-0.2, -0.15) is 5.10 Å². The van der Waals surface area contributed by atoms with Crippen molar-refractivity contribution in [2.24, 2.45) is 12.5 Å². The van der Waals surface area contributed by atoms with Crippen molar-refractivity contribution in [1.29, 1.82) is 0 Å². The lowest BCUT2D eigenvalue weighted by molar-refractivity contribution is 0.125. The third-order valence-corrected chi connectivity index (χ3v) is 3.62. The summed E-state index contributed by atoms with van der Waals surface area (Å²) < 4.78 is 1.90. The Morgan fingerprint density at radius 3 is 2.69 bits per heavy atom. The molecule has 1 aliphatic rings. The van der Waals surface area contributed by atoms with Gasteiger partial charge in [-0.25, -0.2) is 0 Å². The molecule has 0 aromatic carbocycles. The summed E-state index contributed by atoms with van der Waals surface area (Å²) in [6.45, 7) is 5.57. The van der Waals surface area contributed by atoms with Crippen LogP contribution in [0.3, 0.4) is 0 Å². The molecule has 0 saturated heterocycles. The quantitative estimate of drug-likeness (QED) is 0.825. The fraction of sp³-hybridized carbons (Fsp3) is 0.769. The Morgan fingerprint density at radius 1 is 1.50 bits per heavy atom. The van der Waals surface area contributed by atoms with Gasteiger partial charge < -0.3 is 5.32 Å². The van der Waals surface area contributed by atoms with Gasteiger partial charge in [0.25, 0.3) is 0 Å². The highest BCUT2D eigenvalue weighted by Crippen LogP contribution is 2.42. The second-order valence-electron chi connectivity index (χ2n) is 5.55. The molecule has 1 aromatic heterocycles. The smallest absolute Gasteiger partial charge is 0.0630 e. The van der Waals surface area contributed by atoms with Crippen LogP contribution in [0.15, 0.2) is 12.3 Å². The average molecular weight is 221 g/mol. The first kappa shape index (κ1) is 11.6. The van der Waals surface area contributed by atoms with Gasteiger partial charge in [-0.05, 0) is 30.7 Å². The molecule has 16 heavy (non-hydrogen) atoms. The highest BCUT2D eigenvalue weighted by Gasteiger charge is 2.37. The summed E-state index contributed by atoms with van der Waals surface area (Å²) in [5.41, 5.74) is 1.73. The van der Waals surface area contributed by atoms with Crippen LogP contribution in [0.4, 0.5) is 0 Å². The van der Waals surface area contributed by atoms with Crippen LogP contribution in [0.5, 0.6) is 0 Å². The molecular formula is C13H23N3. The third-order valence-electron chi connectivity index (χ3n) is 3.62. The number of aryl methyl sites for hydroxylation is 1. The minimum Gasteiger partial charge on any atom is -0.314 e. The van der Waals surface area contributed by atoms with Crippen LogP contribution in [0.1, 0.15) is 38.8 Å². The highest BCUT2D eigenvalue weighted by molar-refractivity contribution is 5.06. The number of nitrogens with zero attached hydrogens (tertiary/aromatic N) is 2. The molecule has 1 aliphatic carbocycles. The van der Waals surface area contributed by atoms with Crippen LogP contribution < -0.4 is 5.32 Å². The van der Waals surface area contributed by atoms with Gasteiger partial charge in [0.1, 0.15) is 0 Å². The van der Waals surface area contributed by atoms with Gasteiger partial charge in [0.05, 0.1) is 5.69 Å². The zero-order valence-electron chi connectivity index (χ0n) is 10.7. The molecule has 1 heterocycles. The second-order valence-corrected chi connectivity index (χ2v) is 5.55. The molecule has 0 unspecified atom stereocenters. The van der Waals surface area contributed by atoms with Gasteiger partial charge in [-0.3, -0.25) is 4.68 Å². The number of hydrogen-bond donors (Lipinski definition) is 1. The van der Waals surface area contributed by atoms with Crippen molar-refractivity contribution in [1.82, 2.24) is 15.1 Å². The van der Waals surface area contributed by atoms with Crippen LogP contribution >= 0.6 is 0 Å². The zero-order valence-corrected chi connectivity index (χ0v) is 10.7. The third kappa shape index (κ3) is 2.64. The summed E-state index contributed by atoms with van der Waals surface area (Å²) >= 11 is 0. The molecule has 0 spiro atoms. The molecule has 1 aromatic rings. The minimum absolute atomic E-state index is 0.485. The number of rotatable bonds is 5. The van der Waals surface area contributed by atoms with E-state index in [1.54, 1.807) is 0 Å². The van der Waals surface area contributed by atoms with Crippen molar-refractivity contribution >= 4 is 0 Å². The first-order valence-electron chi connectivity index (χ1n) is 6.32. The minimum atomic E-state index is 0.485. The Hall–Kier alpha value is -0.830. The van der Waals surface area contributed by atoms with E-state index in [-0.39, 0.29) is 0 Å². The van der Waals surface area contributed by atoms with E-state index in [4.69, 9.17) is 0 Å². The first-order chi connectivity index (χ1) is 7.60. The normalized spacial score (nSPS) is 18.8. The van der Waals surface area contributed by atoms with Crippen LogP contribution in [-0.2, 0) is 13.5 Å². The average Bonchev–Trinajstić information content (AvgIpc) is 2.55. The van der Waals surface area contributed by atoms with E-state index < -0.39 is 0 Å². The Labute approximate surface area is 98.2 Å². The predicted molar refractivity (Wildman–Crippen MR) is 66.3 cm³/mol. The highest BCUT2D eigenvalue weighted by atomic mass is 15.2. The van der Waals surface area contributed by atoms with Gasteiger partial charge >= 0.3 is 0 Å². The van der Waals surface area contributed by atoms with Crippen molar-refractivity contribution in [2.75, 3.05) is 6.54 Å². The van der Waals surface area contributed by atoms with E-state index >= 15 is 0 Å². The summed E-state index contributed by atoms with van der Waals surface area (Å²) in [4.78, 5) is 0. The van der Waals surface area contributed by atoms with E-state index in [0.717, 1.165) is 13.0 Å². The molecule has 2 rings (SSSR count). The van der Waals surface area contributed by atoms with Gasteiger partial charge in [-0.1, -0.05) is 20.3 Å². The molecule has 0 amide bonds. The summed E-state index contributed by atoms with van der Waals surface area (Å²) in [7, 11) is 1.99. The molecule has 1 fully saturated rings. The fourth-order valence-electron chi connectivity index (χ4n) is 2.46. The Bertz CT molecular complexity index is 337. The van der Waals surface area contributed by atoms with Crippen molar-refractivity contribution < 1.29 is 0 Å². The Kier molecular flexibility index (Phi) is 3.33. The van der Waals surface area contributed by atoms with Crippen molar-refractivity contribution in [2.45, 2.75) is 45.6 Å². The predicted octanol–water partition coefficient (Wildman–Crippen LogP) is 2.13. The van der Waals surface area contributed by atoms with Gasteiger partial charge in [-0.15, -0.1) is 0 Å². The topological polar surface area (TPSA) is 29.9 Å². The molecule has 1 saturated carbocycles.